The SMILES string of the molecule is O[C@H]1C=C[C@@H](N(Cc2ccccc2)OCc2ccccc2)[C@@H]1c1ccccc1. The van der Waals surface area contributed by atoms with Crippen molar-refractivity contribution in [2.75, 3.05) is 0 Å². The third kappa shape index (κ3) is 4.39. The number of hydrogen-bond donors (Lipinski definition) is 1. The van der Waals surface area contributed by atoms with E-state index in [1.54, 1.807) is 0 Å². The lowest BCUT2D eigenvalue weighted by Gasteiger charge is -2.33. The van der Waals surface area contributed by atoms with E-state index in [1.165, 1.54) is 5.56 Å². The number of aliphatic hydroxyl groups is 1. The number of nitrogens with zero attached hydrogens (tertiary/aromatic N) is 1. The van der Waals surface area contributed by atoms with Gasteiger partial charge in [-0.2, -0.15) is 5.06 Å². The van der Waals surface area contributed by atoms with E-state index in [2.05, 4.69) is 42.5 Å². The third-order valence-electron chi connectivity index (χ3n) is 5.18. The van der Waals surface area contributed by atoms with E-state index >= 15 is 0 Å². The average molecular weight is 371 g/mol. The van der Waals surface area contributed by atoms with E-state index in [9.17, 15) is 5.11 Å². The zero-order valence-corrected chi connectivity index (χ0v) is 15.8. The minimum Gasteiger partial charge on any atom is -0.388 e. The van der Waals surface area contributed by atoms with E-state index in [4.69, 9.17) is 4.84 Å². The van der Waals surface area contributed by atoms with Gasteiger partial charge in [0, 0.05) is 12.5 Å². The topological polar surface area (TPSA) is 32.7 Å². The molecule has 4 rings (SSSR count). The fourth-order valence-corrected chi connectivity index (χ4v) is 3.75. The second kappa shape index (κ2) is 8.98. The van der Waals surface area contributed by atoms with Crippen molar-refractivity contribution in [1.29, 1.82) is 0 Å². The second-order valence-corrected chi connectivity index (χ2v) is 7.12. The van der Waals surface area contributed by atoms with Crippen LogP contribution in [0.15, 0.2) is 103 Å². The number of hydroxylamine groups is 2. The summed E-state index contributed by atoms with van der Waals surface area (Å²) in [5.74, 6) is -0.0549. The molecule has 3 aromatic rings. The fourth-order valence-electron chi connectivity index (χ4n) is 3.75. The molecule has 3 heteroatoms. The van der Waals surface area contributed by atoms with Crippen LogP contribution < -0.4 is 0 Å². The molecule has 3 aromatic carbocycles. The summed E-state index contributed by atoms with van der Waals surface area (Å²) in [6.45, 7) is 1.15. The maximum absolute atomic E-state index is 10.6. The van der Waals surface area contributed by atoms with Gasteiger partial charge in [-0.15, -0.1) is 0 Å². The molecule has 0 saturated carbocycles. The largest absolute Gasteiger partial charge is 0.388 e. The highest BCUT2D eigenvalue weighted by Crippen LogP contribution is 2.34. The highest BCUT2D eigenvalue weighted by molar-refractivity contribution is 5.30. The highest BCUT2D eigenvalue weighted by Gasteiger charge is 2.36. The Kier molecular flexibility index (Phi) is 5.98. The molecule has 0 heterocycles. The van der Waals surface area contributed by atoms with Crippen LogP contribution in [0.4, 0.5) is 0 Å². The van der Waals surface area contributed by atoms with Gasteiger partial charge in [0.05, 0.1) is 18.8 Å². The lowest BCUT2D eigenvalue weighted by atomic mass is 9.91. The van der Waals surface area contributed by atoms with Gasteiger partial charge in [-0.3, -0.25) is 4.84 Å². The smallest absolute Gasteiger partial charge is 0.0936 e. The molecule has 0 unspecified atom stereocenters. The fraction of sp³-hybridized carbons (Fsp3) is 0.200. The van der Waals surface area contributed by atoms with Crippen molar-refractivity contribution >= 4 is 0 Å². The first-order valence-corrected chi connectivity index (χ1v) is 9.70. The zero-order chi connectivity index (χ0) is 19.2. The zero-order valence-electron chi connectivity index (χ0n) is 15.8. The molecule has 1 aliphatic rings. The van der Waals surface area contributed by atoms with Crippen LogP contribution in [-0.4, -0.2) is 22.3 Å². The van der Waals surface area contributed by atoms with Crippen LogP contribution in [-0.2, 0) is 18.0 Å². The van der Waals surface area contributed by atoms with Crippen LogP contribution in [0.3, 0.4) is 0 Å². The van der Waals surface area contributed by atoms with E-state index in [0.717, 1.165) is 11.1 Å². The monoisotopic (exact) mass is 371 g/mol. The molecule has 1 aliphatic carbocycles. The van der Waals surface area contributed by atoms with Crippen LogP contribution in [0.1, 0.15) is 22.6 Å². The first-order valence-electron chi connectivity index (χ1n) is 9.70. The maximum atomic E-state index is 10.6. The molecule has 0 amide bonds. The summed E-state index contributed by atoms with van der Waals surface area (Å²) >= 11 is 0. The van der Waals surface area contributed by atoms with Crippen molar-refractivity contribution in [3.8, 4) is 0 Å². The molecule has 0 spiro atoms. The van der Waals surface area contributed by atoms with Gasteiger partial charge in [-0.1, -0.05) is 103 Å². The Bertz CT molecular complexity index is 880. The van der Waals surface area contributed by atoms with Crippen LogP contribution >= 0.6 is 0 Å². The predicted molar refractivity (Wildman–Crippen MR) is 111 cm³/mol. The van der Waals surface area contributed by atoms with E-state index in [-0.39, 0.29) is 12.0 Å². The van der Waals surface area contributed by atoms with Gasteiger partial charge in [0.1, 0.15) is 0 Å². The van der Waals surface area contributed by atoms with Gasteiger partial charge >= 0.3 is 0 Å². The molecule has 0 radical (unpaired) electrons. The molecule has 0 saturated heterocycles. The quantitative estimate of drug-likeness (QED) is 0.482. The number of hydrogen-bond acceptors (Lipinski definition) is 3. The standard InChI is InChI=1S/C25H25NO2/c27-24-17-16-23(25(24)22-14-8-3-9-15-22)26(18-20-10-4-1-5-11-20)28-19-21-12-6-2-7-13-21/h1-17,23-25,27H,18-19H2/t23-,24+,25+/m1/s1. The summed E-state index contributed by atoms with van der Waals surface area (Å²) < 4.78 is 0. The summed E-state index contributed by atoms with van der Waals surface area (Å²) in [5.41, 5.74) is 3.42. The summed E-state index contributed by atoms with van der Waals surface area (Å²) in [7, 11) is 0. The van der Waals surface area contributed by atoms with Gasteiger partial charge in [0.2, 0.25) is 0 Å². The second-order valence-electron chi connectivity index (χ2n) is 7.12. The van der Waals surface area contributed by atoms with Crippen LogP contribution in [0.25, 0.3) is 0 Å². The van der Waals surface area contributed by atoms with E-state index in [0.29, 0.717) is 13.2 Å². The number of aliphatic hydroxyl groups excluding tert-OH is 1. The van der Waals surface area contributed by atoms with Gasteiger partial charge in [-0.25, -0.2) is 0 Å². The Balaban J connectivity index is 1.58. The van der Waals surface area contributed by atoms with Gasteiger partial charge in [0.25, 0.3) is 0 Å². The summed E-state index contributed by atoms with van der Waals surface area (Å²) in [6.07, 6.45) is 3.42. The normalized spacial score (nSPS) is 21.3. The summed E-state index contributed by atoms with van der Waals surface area (Å²) in [6, 6.07) is 30.6. The highest BCUT2D eigenvalue weighted by atomic mass is 16.7. The molecule has 3 atom stereocenters. The Labute approximate surface area is 166 Å². The molecule has 142 valence electrons. The molecule has 0 bridgehead atoms. The number of rotatable bonds is 7. The minimum absolute atomic E-state index is 0.0404. The van der Waals surface area contributed by atoms with Crippen LogP contribution in [0.2, 0.25) is 0 Å². The lowest BCUT2D eigenvalue weighted by Crippen LogP contribution is -2.38. The third-order valence-corrected chi connectivity index (χ3v) is 5.18. The molecular formula is C25H25NO2. The molecule has 0 fully saturated rings. The van der Waals surface area contributed by atoms with E-state index < -0.39 is 6.10 Å². The summed E-state index contributed by atoms with van der Waals surface area (Å²) in [4.78, 5) is 6.29. The Morgan fingerprint density at radius 3 is 1.93 bits per heavy atom. The Hall–Kier alpha value is -2.72. The molecular weight excluding hydrogens is 346 g/mol. The maximum Gasteiger partial charge on any atom is 0.0936 e. The minimum atomic E-state index is -0.522. The van der Waals surface area contributed by atoms with Crippen LogP contribution in [0, 0.1) is 0 Å². The van der Waals surface area contributed by atoms with Crippen molar-refractivity contribution in [1.82, 2.24) is 5.06 Å². The first-order chi connectivity index (χ1) is 13.8. The van der Waals surface area contributed by atoms with E-state index in [1.807, 2.05) is 65.7 Å². The van der Waals surface area contributed by atoms with Gasteiger partial charge < -0.3 is 5.11 Å². The van der Waals surface area contributed by atoms with Crippen molar-refractivity contribution in [2.24, 2.45) is 0 Å². The lowest BCUT2D eigenvalue weighted by molar-refractivity contribution is -0.199. The number of benzene rings is 3. The van der Waals surface area contributed by atoms with Gasteiger partial charge in [-0.05, 0) is 16.7 Å². The van der Waals surface area contributed by atoms with Crippen molar-refractivity contribution in [3.63, 3.8) is 0 Å². The van der Waals surface area contributed by atoms with Crippen molar-refractivity contribution in [3.05, 3.63) is 120 Å². The Morgan fingerprint density at radius 1 is 0.714 bits per heavy atom. The molecule has 28 heavy (non-hydrogen) atoms. The van der Waals surface area contributed by atoms with Crippen LogP contribution in [0.5, 0.6) is 0 Å². The summed E-state index contributed by atoms with van der Waals surface area (Å²) in [5, 5.41) is 12.7. The van der Waals surface area contributed by atoms with Crippen molar-refractivity contribution in [2.45, 2.75) is 31.2 Å². The predicted octanol–water partition coefficient (Wildman–Crippen LogP) is 4.70. The Morgan fingerprint density at radius 2 is 1.29 bits per heavy atom. The first kappa shape index (κ1) is 18.6. The molecule has 3 nitrogen and oxygen atoms in total. The van der Waals surface area contributed by atoms with Gasteiger partial charge in [0.15, 0.2) is 0 Å². The van der Waals surface area contributed by atoms with Crippen molar-refractivity contribution < 1.29 is 9.94 Å². The molecule has 1 N–H and O–H groups in total. The average Bonchev–Trinajstić information content (AvgIpc) is 3.14. The molecule has 0 aliphatic heterocycles. The molecule has 0 aromatic heterocycles.